The third-order valence-electron chi connectivity index (χ3n) is 3.80. The largest absolute Gasteiger partial charge is 0.462 e. The monoisotopic (exact) mass is 388 g/mol. The van der Waals surface area contributed by atoms with Crippen molar-refractivity contribution in [2.24, 2.45) is 0 Å². The van der Waals surface area contributed by atoms with E-state index < -0.39 is 5.97 Å². The predicted octanol–water partition coefficient (Wildman–Crippen LogP) is 3.55. The van der Waals surface area contributed by atoms with Gasteiger partial charge in [-0.1, -0.05) is 24.6 Å². The van der Waals surface area contributed by atoms with Crippen LogP contribution in [0.25, 0.3) is 0 Å². The summed E-state index contributed by atoms with van der Waals surface area (Å²) in [6.07, 6.45) is 0.874. The van der Waals surface area contributed by atoms with Gasteiger partial charge in [-0.05, 0) is 38.5 Å². The molecule has 2 rings (SSSR count). The maximum absolute atomic E-state index is 12.2. The van der Waals surface area contributed by atoms with E-state index in [1.165, 1.54) is 11.3 Å². The maximum atomic E-state index is 12.2. The van der Waals surface area contributed by atoms with Crippen LogP contribution in [0.5, 0.6) is 0 Å². The summed E-state index contributed by atoms with van der Waals surface area (Å²) >= 11 is 1.36. The zero-order valence-corrected chi connectivity index (χ0v) is 16.6. The highest BCUT2D eigenvalue weighted by Crippen LogP contribution is 2.29. The number of rotatable bonds is 8. The molecule has 0 unspecified atom stereocenters. The Morgan fingerprint density at radius 2 is 1.93 bits per heavy atom. The SMILES string of the molecule is CCOC(=O)c1cc(CC)sc1NC(=O)CCNC(=O)c1cccc(C)c1. The Labute approximate surface area is 162 Å². The van der Waals surface area contributed by atoms with Gasteiger partial charge in [0.05, 0.1) is 12.2 Å². The molecule has 2 N–H and O–H groups in total. The number of carbonyl (C=O) groups is 3. The Kier molecular flexibility index (Phi) is 7.55. The minimum atomic E-state index is -0.448. The number of benzene rings is 1. The van der Waals surface area contributed by atoms with Gasteiger partial charge >= 0.3 is 5.97 Å². The van der Waals surface area contributed by atoms with Gasteiger partial charge in [0.1, 0.15) is 5.00 Å². The molecule has 1 aromatic heterocycles. The first kappa shape index (κ1) is 20.6. The Morgan fingerprint density at radius 3 is 2.59 bits per heavy atom. The minimum Gasteiger partial charge on any atom is -0.462 e. The van der Waals surface area contributed by atoms with Crippen LogP contribution >= 0.6 is 11.3 Å². The molecule has 0 atom stereocenters. The molecule has 7 heteroatoms. The zero-order valence-electron chi connectivity index (χ0n) is 15.8. The molecule has 0 fully saturated rings. The first-order chi connectivity index (χ1) is 12.9. The van der Waals surface area contributed by atoms with Crippen molar-refractivity contribution in [2.45, 2.75) is 33.6 Å². The van der Waals surface area contributed by atoms with Crippen LogP contribution in [0, 0.1) is 6.92 Å². The number of hydrogen-bond acceptors (Lipinski definition) is 5. The van der Waals surface area contributed by atoms with Crippen molar-refractivity contribution in [1.29, 1.82) is 0 Å². The molecule has 0 saturated carbocycles. The van der Waals surface area contributed by atoms with Crippen molar-refractivity contribution in [3.05, 3.63) is 51.9 Å². The van der Waals surface area contributed by atoms with Gasteiger partial charge < -0.3 is 15.4 Å². The van der Waals surface area contributed by atoms with Gasteiger partial charge in [0.2, 0.25) is 5.91 Å². The highest BCUT2D eigenvalue weighted by Gasteiger charge is 2.18. The quantitative estimate of drug-likeness (QED) is 0.677. The lowest BCUT2D eigenvalue weighted by Crippen LogP contribution is -2.27. The lowest BCUT2D eigenvalue weighted by molar-refractivity contribution is -0.116. The number of ether oxygens (including phenoxy) is 1. The summed E-state index contributed by atoms with van der Waals surface area (Å²) in [5.41, 5.74) is 1.93. The van der Waals surface area contributed by atoms with Crippen LogP contribution in [0.3, 0.4) is 0 Å². The van der Waals surface area contributed by atoms with Gasteiger partial charge in [-0.15, -0.1) is 11.3 Å². The zero-order chi connectivity index (χ0) is 19.8. The van der Waals surface area contributed by atoms with E-state index in [1.54, 1.807) is 25.1 Å². The number of thiophene rings is 1. The molecule has 0 aliphatic heterocycles. The smallest absolute Gasteiger partial charge is 0.341 e. The molecule has 0 aliphatic rings. The number of esters is 1. The second kappa shape index (κ2) is 9.87. The standard InChI is InChI=1S/C20H24N2O4S/c1-4-15-12-16(20(25)26-5-2)19(27-15)22-17(23)9-10-21-18(24)14-8-6-7-13(3)11-14/h6-8,11-12H,4-5,9-10H2,1-3H3,(H,21,24)(H,22,23). The molecule has 1 aromatic carbocycles. The van der Waals surface area contributed by atoms with E-state index in [0.29, 0.717) is 16.1 Å². The van der Waals surface area contributed by atoms with E-state index in [4.69, 9.17) is 4.74 Å². The summed E-state index contributed by atoms with van der Waals surface area (Å²) in [6, 6.07) is 9.00. The van der Waals surface area contributed by atoms with Gasteiger partial charge in [-0.25, -0.2) is 4.79 Å². The van der Waals surface area contributed by atoms with E-state index in [-0.39, 0.29) is 31.4 Å². The van der Waals surface area contributed by atoms with Gasteiger partial charge in [-0.3, -0.25) is 9.59 Å². The number of aryl methyl sites for hydroxylation is 2. The lowest BCUT2D eigenvalue weighted by atomic mass is 10.1. The van der Waals surface area contributed by atoms with Crippen LogP contribution in [0.15, 0.2) is 30.3 Å². The molecule has 2 amide bonds. The maximum Gasteiger partial charge on any atom is 0.341 e. The predicted molar refractivity (Wildman–Crippen MR) is 106 cm³/mol. The molecule has 144 valence electrons. The molecule has 6 nitrogen and oxygen atoms in total. The van der Waals surface area contributed by atoms with Crippen LogP contribution in [0.1, 0.15) is 51.4 Å². The molecule has 1 heterocycles. The summed E-state index contributed by atoms with van der Waals surface area (Å²) in [5.74, 6) is -0.936. The summed E-state index contributed by atoms with van der Waals surface area (Å²) in [4.78, 5) is 37.3. The molecular weight excluding hydrogens is 364 g/mol. The summed E-state index contributed by atoms with van der Waals surface area (Å²) in [7, 11) is 0. The Morgan fingerprint density at radius 1 is 1.15 bits per heavy atom. The van der Waals surface area contributed by atoms with Gasteiger partial charge in [-0.2, -0.15) is 0 Å². The van der Waals surface area contributed by atoms with Crippen molar-refractivity contribution in [3.63, 3.8) is 0 Å². The first-order valence-electron chi connectivity index (χ1n) is 8.89. The number of nitrogens with one attached hydrogen (secondary N) is 2. The number of carbonyl (C=O) groups excluding carboxylic acids is 3. The lowest BCUT2D eigenvalue weighted by Gasteiger charge is -2.08. The van der Waals surface area contributed by atoms with Crippen molar-refractivity contribution in [2.75, 3.05) is 18.5 Å². The second-order valence-electron chi connectivity index (χ2n) is 5.95. The molecule has 0 bridgehead atoms. The van der Waals surface area contributed by atoms with Crippen LogP contribution < -0.4 is 10.6 Å². The summed E-state index contributed by atoms with van der Waals surface area (Å²) < 4.78 is 5.04. The topological polar surface area (TPSA) is 84.5 Å². The molecule has 0 radical (unpaired) electrons. The third-order valence-corrected chi connectivity index (χ3v) is 4.99. The number of anilines is 1. The minimum absolute atomic E-state index is 0.110. The van der Waals surface area contributed by atoms with Gasteiger partial charge in [0.15, 0.2) is 0 Å². The first-order valence-corrected chi connectivity index (χ1v) is 9.70. The number of amides is 2. The third kappa shape index (κ3) is 5.92. The molecule has 0 aliphatic carbocycles. The molecule has 0 spiro atoms. The highest BCUT2D eigenvalue weighted by molar-refractivity contribution is 7.16. The molecular formula is C20H24N2O4S. The van der Waals surface area contributed by atoms with E-state index in [9.17, 15) is 14.4 Å². The van der Waals surface area contributed by atoms with Crippen molar-refractivity contribution in [3.8, 4) is 0 Å². The van der Waals surface area contributed by atoms with E-state index in [1.807, 2.05) is 26.0 Å². The van der Waals surface area contributed by atoms with Crippen LogP contribution in [0.2, 0.25) is 0 Å². The average molecular weight is 388 g/mol. The van der Waals surface area contributed by atoms with E-state index >= 15 is 0 Å². The fourth-order valence-electron chi connectivity index (χ4n) is 2.44. The molecule has 27 heavy (non-hydrogen) atoms. The van der Waals surface area contributed by atoms with Gasteiger partial charge in [0, 0.05) is 23.4 Å². The van der Waals surface area contributed by atoms with Crippen molar-refractivity contribution in [1.82, 2.24) is 5.32 Å². The van der Waals surface area contributed by atoms with Gasteiger partial charge in [0.25, 0.3) is 5.91 Å². The average Bonchev–Trinajstić information content (AvgIpc) is 3.04. The van der Waals surface area contributed by atoms with Crippen molar-refractivity contribution < 1.29 is 19.1 Å². The van der Waals surface area contributed by atoms with Crippen LogP contribution in [-0.2, 0) is 16.0 Å². The second-order valence-corrected chi connectivity index (χ2v) is 7.09. The van der Waals surface area contributed by atoms with E-state index in [0.717, 1.165) is 16.9 Å². The van der Waals surface area contributed by atoms with Crippen LogP contribution in [0.4, 0.5) is 5.00 Å². The highest BCUT2D eigenvalue weighted by atomic mass is 32.1. The normalized spacial score (nSPS) is 10.3. The number of hydrogen-bond donors (Lipinski definition) is 2. The van der Waals surface area contributed by atoms with E-state index in [2.05, 4.69) is 10.6 Å². The fourth-order valence-corrected chi connectivity index (χ4v) is 3.44. The molecule has 2 aromatic rings. The Hall–Kier alpha value is -2.67. The Balaban J connectivity index is 1.91. The summed E-state index contributed by atoms with van der Waals surface area (Å²) in [6.45, 7) is 6.11. The fraction of sp³-hybridized carbons (Fsp3) is 0.350. The van der Waals surface area contributed by atoms with Crippen molar-refractivity contribution >= 4 is 34.1 Å². The molecule has 0 saturated heterocycles. The Bertz CT molecular complexity index is 829. The summed E-state index contributed by atoms with van der Waals surface area (Å²) in [5, 5.41) is 5.97. The van der Waals surface area contributed by atoms with Crippen LogP contribution in [-0.4, -0.2) is 30.9 Å².